The lowest BCUT2D eigenvalue weighted by Gasteiger charge is -2.35. The van der Waals surface area contributed by atoms with Crippen LogP contribution in [0.3, 0.4) is 0 Å². The van der Waals surface area contributed by atoms with Crippen LogP contribution in [0.5, 0.6) is 0 Å². The molecule has 0 aromatic carbocycles. The fourth-order valence-electron chi connectivity index (χ4n) is 1.86. The topological polar surface area (TPSA) is 27.6 Å². The number of thioether (sulfide) groups is 2. The molecule has 0 spiro atoms. The third-order valence-electron chi connectivity index (χ3n) is 3.33. The molecule has 0 aliphatic carbocycles. The van der Waals surface area contributed by atoms with Gasteiger partial charge in [0.2, 0.25) is 0 Å². The van der Waals surface area contributed by atoms with E-state index in [-0.39, 0.29) is 28.7 Å². The zero-order valence-electron chi connectivity index (χ0n) is 12.7. The Kier molecular flexibility index (Phi) is 9.96. The Labute approximate surface area is 144 Å². The van der Waals surface area contributed by atoms with E-state index < -0.39 is 0 Å². The summed E-state index contributed by atoms with van der Waals surface area (Å²) in [5.41, 5.74) is 0. The predicted molar refractivity (Wildman–Crippen MR) is 102 cm³/mol. The van der Waals surface area contributed by atoms with Crippen LogP contribution in [-0.4, -0.2) is 59.5 Å². The average molecular weight is 417 g/mol. The first-order valence-corrected chi connectivity index (χ1v) is 8.92. The first-order chi connectivity index (χ1) is 8.52. The van der Waals surface area contributed by atoms with Crippen LogP contribution < -0.4 is 5.32 Å². The van der Waals surface area contributed by atoms with Crippen molar-refractivity contribution in [3.8, 4) is 0 Å². The number of aliphatic imine (C=N–C) groups is 1. The van der Waals surface area contributed by atoms with Crippen molar-refractivity contribution in [2.45, 2.75) is 37.2 Å². The highest BCUT2D eigenvalue weighted by atomic mass is 127. The highest BCUT2D eigenvalue weighted by Gasteiger charge is 2.23. The van der Waals surface area contributed by atoms with Gasteiger partial charge in [-0.1, -0.05) is 6.92 Å². The van der Waals surface area contributed by atoms with Crippen LogP contribution in [0.4, 0.5) is 0 Å². The van der Waals surface area contributed by atoms with Crippen LogP contribution >= 0.6 is 47.5 Å². The van der Waals surface area contributed by atoms with Crippen LogP contribution in [0.25, 0.3) is 0 Å². The maximum atomic E-state index is 4.43. The molecular formula is C13H28IN3S2. The minimum absolute atomic E-state index is 0. The molecule has 1 N–H and O–H groups in total. The predicted octanol–water partition coefficient (Wildman–Crippen LogP) is 3.15. The fourth-order valence-corrected chi connectivity index (χ4v) is 3.25. The molecule has 0 amide bonds. The summed E-state index contributed by atoms with van der Waals surface area (Å²) in [5.74, 6) is 2.28. The molecule has 3 nitrogen and oxygen atoms in total. The second kappa shape index (κ2) is 9.60. The zero-order valence-corrected chi connectivity index (χ0v) is 16.7. The molecule has 1 rings (SSSR count). The van der Waals surface area contributed by atoms with Crippen molar-refractivity contribution in [2.24, 2.45) is 4.99 Å². The Bertz CT molecular complexity index is 285. The summed E-state index contributed by atoms with van der Waals surface area (Å²) in [5, 5.41) is 4.28. The molecule has 114 valence electrons. The summed E-state index contributed by atoms with van der Waals surface area (Å²) in [7, 11) is 1.89. The minimum Gasteiger partial charge on any atom is -0.355 e. The van der Waals surface area contributed by atoms with E-state index >= 15 is 0 Å². The normalized spacial score (nSPS) is 21.0. The van der Waals surface area contributed by atoms with Crippen molar-refractivity contribution in [1.29, 1.82) is 0 Å². The van der Waals surface area contributed by atoms with Gasteiger partial charge in [-0.05, 0) is 26.5 Å². The molecule has 19 heavy (non-hydrogen) atoms. The van der Waals surface area contributed by atoms with Crippen LogP contribution in [0.15, 0.2) is 4.99 Å². The van der Waals surface area contributed by atoms with E-state index in [4.69, 9.17) is 0 Å². The number of nitrogens with one attached hydrogen (secondary N) is 1. The lowest BCUT2D eigenvalue weighted by Crippen LogP contribution is -2.50. The lowest BCUT2D eigenvalue weighted by atomic mass is 10.2. The molecule has 1 aliphatic heterocycles. The number of hydrogen-bond acceptors (Lipinski definition) is 3. The van der Waals surface area contributed by atoms with E-state index in [1.165, 1.54) is 12.2 Å². The molecule has 1 saturated heterocycles. The number of guanidine groups is 1. The second-order valence-electron chi connectivity index (χ2n) is 5.21. The van der Waals surface area contributed by atoms with Gasteiger partial charge in [0.05, 0.1) is 0 Å². The van der Waals surface area contributed by atoms with Crippen LogP contribution in [0, 0.1) is 0 Å². The van der Waals surface area contributed by atoms with E-state index in [0.29, 0.717) is 0 Å². The molecule has 0 aromatic heterocycles. The van der Waals surface area contributed by atoms with Crippen LogP contribution in [-0.2, 0) is 0 Å². The van der Waals surface area contributed by atoms with Crippen molar-refractivity contribution in [2.75, 3.05) is 38.7 Å². The molecule has 0 aromatic rings. The zero-order chi connectivity index (χ0) is 13.6. The van der Waals surface area contributed by atoms with Gasteiger partial charge < -0.3 is 10.2 Å². The number of hydrogen-bond donors (Lipinski definition) is 1. The molecule has 0 radical (unpaired) electrons. The van der Waals surface area contributed by atoms with Gasteiger partial charge in [0.25, 0.3) is 0 Å². The summed E-state index contributed by atoms with van der Waals surface area (Å²) < 4.78 is 0.255. The van der Waals surface area contributed by atoms with E-state index in [0.717, 1.165) is 30.8 Å². The quantitative estimate of drug-likeness (QED) is 0.432. The largest absolute Gasteiger partial charge is 0.355 e. The Morgan fingerprint density at radius 2 is 2.21 bits per heavy atom. The SMILES string of the molecule is CCC1CN(C(=NC)NCC(C)(C)SC)CCS1.I. The number of rotatable bonds is 4. The van der Waals surface area contributed by atoms with Gasteiger partial charge in [0.15, 0.2) is 5.96 Å². The fraction of sp³-hybridized carbons (Fsp3) is 0.923. The lowest BCUT2D eigenvalue weighted by molar-refractivity contribution is 0.406. The maximum Gasteiger partial charge on any atom is 0.193 e. The summed E-state index contributed by atoms with van der Waals surface area (Å²) in [6.45, 7) is 9.99. The summed E-state index contributed by atoms with van der Waals surface area (Å²) in [4.78, 5) is 6.83. The van der Waals surface area contributed by atoms with Crippen molar-refractivity contribution >= 4 is 53.5 Å². The van der Waals surface area contributed by atoms with Gasteiger partial charge in [0, 0.05) is 42.4 Å². The standard InChI is InChI=1S/C13H27N3S2.HI/c1-6-11-9-16(7-8-18-11)12(14-4)15-10-13(2,3)17-5;/h11H,6-10H2,1-5H3,(H,14,15);1H. The third-order valence-corrected chi connectivity index (χ3v) is 5.95. The van der Waals surface area contributed by atoms with Gasteiger partial charge >= 0.3 is 0 Å². The molecule has 6 heteroatoms. The smallest absolute Gasteiger partial charge is 0.193 e. The summed E-state index contributed by atoms with van der Waals surface area (Å²) in [6, 6.07) is 0. The van der Waals surface area contributed by atoms with Crippen molar-refractivity contribution in [3.05, 3.63) is 0 Å². The summed E-state index contributed by atoms with van der Waals surface area (Å²) >= 11 is 3.99. The molecular weight excluding hydrogens is 389 g/mol. The minimum atomic E-state index is 0. The van der Waals surface area contributed by atoms with Crippen molar-refractivity contribution in [1.82, 2.24) is 10.2 Å². The highest BCUT2D eigenvalue weighted by Crippen LogP contribution is 2.22. The van der Waals surface area contributed by atoms with Gasteiger partial charge in [-0.25, -0.2) is 0 Å². The molecule has 0 saturated carbocycles. The molecule has 1 fully saturated rings. The first kappa shape index (κ1) is 19.7. The molecule has 0 bridgehead atoms. The molecule has 1 heterocycles. The van der Waals surface area contributed by atoms with E-state index in [2.05, 4.69) is 54.0 Å². The Balaban J connectivity index is 0.00000324. The number of halogens is 1. The highest BCUT2D eigenvalue weighted by molar-refractivity contribution is 14.0. The van der Waals surface area contributed by atoms with Gasteiger partial charge in [-0.2, -0.15) is 23.5 Å². The second-order valence-corrected chi connectivity index (χ2v) is 8.13. The average Bonchev–Trinajstić information content (AvgIpc) is 2.39. The van der Waals surface area contributed by atoms with Gasteiger partial charge in [-0.15, -0.1) is 24.0 Å². The van der Waals surface area contributed by atoms with Crippen molar-refractivity contribution in [3.63, 3.8) is 0 Å². The first-order valence-electron chi connectivity index (χ1n) is 6.64. The van der Waals surface area contributed by atoms with Crippen LogP contribution in [0.1, 0.15) is 27.2 Å². The Morgan fingerprint density at radius 3 is 2.74 bits per heavy atom. The van der Waals surface area contributed by atoms with Gasteiger partial charge in [0.1, 0.15) is 0 Å². The van der Waals surface area contributed by atoms with E-state index in [9.17, 15) is 0 Å². The monoisotopic (exact) mass is 417 g/mol. The van der Waals surface area contributed by atoms with Crippen LogP contribution in [0.2, 0.25) is 0 Å². The third kappa shape index (κ3) is 6.80. The summed E-state index contributed by atoms with van der Waals surface area (Å²) in [6.07, 6.45) is 3.41. The molecule has 1 unspecified atom stereocenters. The van der Waals surface area contributed by atoms with E-state index in [1.807, 2.05) is 18.8 Å². The molecule has 1 aliphatic rings. The van der Waals surface area contributed by atoms with Crippen molar-refractivity contribution < 1.29 is 0 Å². The number of nitrogens with zero attached hydrogens (tertiary/aromatic N) is 2. The Morgan fingerprint density at radius 1 is 1.53 bits per heavy atom. The van der Waals surface area contributed by atoms with E-state index in [1.54, 1.807) is 0 Å². The van der Waals surface area contributed by atoms with Gasteiger partial charge in [-0.3, -0.25) is 4.99 Å². The maximum absolute atomic E-state index is 4.43. The Hall–Kier alpha value is 0.700. The molecule has 1 atom stereocenters.